The van der Waals surface area contributed by atoms with E-state index < -0.39 is 52.2 Å². The van der Waals surface area contributed by atoms with Gasteiger partial charge in [-0.25, -0.2) is 0 Å². The number of carbonyl (C=O) groups is 1. The third-order valence-electron chi connectivity index (χ3n) is 8.94. The van der Waals surface area contributed by atoms with Crippen molar-refractivity contribution in [1.82, 2.24) is 0 Å². The molecule has 0 amide bonds. The summed E-state index contributed by atoms with van der Waals surface area (Å²) in [5, 5.41) is 56.2. The largest absolute Gasteiger partial charge is 0.393 e. The number of Topliss-reactive ketones (excluding diaryl/α,β-unsaturated/α-hetero) is 1. The minimum atomic E-state index is -1.67. The van der Waals surface area contributed by atoms with Gasteiger partial charge in [0.2, 0.25) is 0 Å². The van der Waals surface area contributed by atoms with Crippen LogP contribution in [0.25, 0.3) is 0 Å². The topological polar surface area (TPSA) is 118 Å². The highest BCUT2D eigenvalue weighted by Gasteiger charge is 2.78. The van der Waals surface area contributed by atoms with E-state index in [9.17, 15) is 30.3 Å². The molecule has 0 aromatic carbocycles. The van der Waals surface area contributed by atoms with Crippen molar-refractivity contribution < 1.29 is 30.3 Å². The van der Waals surface area contributed by atoms with Crippen LogP contribution < -0.4 is 0 Å². The third kappa shape index (κ3) is 2.06. The van der Waals surface area contributed by atoms with Gasteiger partial charge in [0.15, 0.2) is 0 Å². The zero-order valence-corrected chi connectivity index (χ0v) is 16.4. The molecule has 0 radical (unpaired) electrons. The summed E-state index contributed by atoms with van der Waals surface area (Å²) in [5.41, 5.74) is -4.24. The lowest BCUT2D eigenvalue weighted by atomic mass is 9.42. The van der Waals surface area contributed by atoms with Crippen molar-refractivity contribution in [2.75, 3.05) is 0 Å². The first-order valence-corrected chi connectivity index (χ1v) is 10.1. The molecule has 4 rings (SSSR count). The molecule has 0 aliphatic heterocycles. The highest BCUT2D eigenvalue weighted by molar-refractivity contribution is 5.80. The number of carbonyl (C=O) groups excluding carboxylic acids is 1. The number of aliphatic hydroxyl groups is 5. The SMILES string of the molecule is CC(=O)C1CCC2(O)C3(O)CC=C4CC(O)CCC4(C)C3C(O)C(O)C12C. The smallest absolute Gasteiger partial charge is 0.133 e. The Kier molecular flexibility index (Phi) is 4.07. The van der Waals surface area contributed by atoms with E-state index in [4.69, 9.17) is 0 Å². The molecule has 6 heteroatoms. The van der Waals surface area contributed by atoms with Crippen LogP contribution in [0.1, 0.15) is 59.3 Å². The molecule has 5 N–H and O–H groups in total. The van der Waals surface area contributed by atoms with E-state index in [2.05, 4.69) is 0 Å². The predicted molar refractivity (Wildman–Crippen MR) is 97.6 cm³/mol. The van der Waals surface area contributed by atoms with Crippen molar-refractivity contribution in [3.8, 4) is 0 Å². The zero-order valence-electron chi connectivity index (χ0n) is 16.4. The third-order valence-corrected chi connectivity index (χ3v) is 8.94. The molecule has 0 saturated heterocycles. The molecule has 9 atom stereocenters. The van der Waals surface area contributed by atoms with Crippen molar-refractivity contribution >= 4 is 5.78 Å². The van der Waals surface area contributed by atoms with Gasteiger partial charge in [0.05, 0.1) is 18.3 Å². The van der Waals surface area contributed by atoms with Crippen molar-refractivity contribution in [3.05, 3.63) is 11.6 Å². The minimum Gasteiger partial charge on any atom is -0.393 e. The van der Waals surface area contributed by atoms with Crippen molar-refractivity contribution in [2.45, 2.75) is 88.8 Å². The standard InChI is InChI=1S/C21H32O6/c1-11(22)14-6-9-21(27)19(14,3)17(25)15(24)16-18(2)7-5-13(23)10-12(18)4-8-20(16,21)26/h4,13-17,23-27H,5-10H2,1-3H3. The lowest BCUT2D eigenvalue weighted by molar-refractivity contribution is -0.327. The second-order valence-corrected chi connectivity index (χ2v) is 9.93. The van der Waals surface area contributed by atoms with E-state index in [0.717, 1.165) is 5.57 Å². The minimum absolute atomic E-state index is 0.138. The molecule has 3 saturated carbocycles. The number of hydrogen-bond donors (Lipinski definition) is 5. The van der Waals surface area contributed by atoms with Gasteiger partial charge < -0.3 is 25.5 Å². The number of fused-ring (bicyclic) bond motifs is 5. The Morgan fingerprint density at radius 1 is 1.11 bits per heavy atom. The summed E-state index contributed by atoms with van der Waals surface area (Å²) in [4.78, 5) is 12.3. The first-order chi connectivity index (χ1) is 12.4. The first kappa shape index (κ1) is 19.5. The fourth-order valence-corrected chi connectivity index (χ4v) is 7.41. The summed E-state index contributed by atoms with van der Waals surface area (Å²) in [6.07, 6.45) is 1.24. The quantitative estimate of drug-likeness (QED) is 0.427. The number of rotatable bonds is 1. The summed E-state index contributed by atoms with van der Waals surface area (Å²) >= 11 is 0. The van der Waals surface area contributed by atoms with Crippen LogP contribution in [0.5, 0.6) is 0 Å². The van der Waals surface area contributed by atoms with Gasteiger partial charge in [0.25, 0.3) is 0 Å². The maximum atomic E-state index is 12.3. The van der Waals surface area contributed by atoms with E-state index in [1.54, 1.807) is 6.92 Å². The summed E-state index contributed by atoms with van der Waals surface area (Å²) in [6, 6.07) is 0. The molecule has 152 valence electrons. The van der Waals surface area contributed by atoms with E-state index >= 15 is 0 Å². The molecule has 4 aliphatic carbocycles. The maximum absolute atomic E-state index is 12.3. The van der Waals surface area contributed by atoms with E-state index in [-0.39, 0.29) is 18.6 Å². The van der Waals surface area contributed by atoms with Gasteiger partial charge >= 0.3 is 0 Å². The highest BCUT2D eigenvalue weighted by Crippen LogP contribution is 2.69. The Labute approximate surface area is 159 Å². The lowest BCUT2D eigenvalue weighted by Crippen LogP contribution is -2.79. The molecule has 0 bridgehead atoms. The van der Waals surface area contributed by atoms with Crippen molar-refractivity contribution in [1.29, 1.82) is 0 Å². The van der Waals surface area contributed by atoms with Gasteiger partial charge in [0, 0.05) is 17.3 Å². The van der Waals surface area contributed by atoms with E-state index in [1.165, 1.54) is 6.92 Å². The number of ketones is 1. The molecule has 0 spiro atoms. The van der Waals surface area contributed by atoms with Gasteiger partial charge in [-0.15, -0.1) is 0 Å². The molecular formula is C21H32O6. The number of aliphatic hydroxyl groups excluding tert-OH is 3. The Hall–Kier alpha value is -0.790. The fourth-order valence-electron chi connectivity index (χ4n) is 7.41. The predicted octanol–water partition coefficient (Wildman–Crippen LogP) is 0.687. The summed E-state index contributed by atoms with van der Waals surface area (Å²) < 4.78 is 0. The van der Waals surface area contributed by atoms with Crippen LogP contribution in [0, 0.1) is 22.7 Å². The Balaban J connectivity index is 1.89. The zero-order chi connectivity index (χ0) is 20.0. The Morgan fingerprint density at radius 3 is 2.41 bits per heavy atom. The second kappa shape index (κ2) is 5.63. The summed E-state index contributed by atoms with van der Waals surface area (Å²) in [7, 11) is 0. The highest BCUT2D eigenvalue weighted by atomic mass is 16.4. The maximum Gasteiger partial charge on any atom is 0.133 e. The molecular weight excluding hydrogens is 348 g/mol. The van der Waals surface area contributed by atoms with Gasteiger partial charge in [-0.05, 0) is 50.9 Å². The first-order valence-electron chi connectivity index (χ1n) is 10.1. The van der Waals surface area contributed by atoms with Crippen LogP contribution in [-0.4, -0.2) is 60.8 Å². The lowest BCUT2D eigenvalue weighted by Gasteiger charge is -2.67. The normalized spacial score (nSPS) is 57.3. The molecule has 0 aromatic rings. The number of hydrogen-bond acceptors (Lipinski definition) is 6. The monoisotopic (exact) mass is 380 g/mol. The van der Waals surface area contributed by atoms with Gasteiger partial charge in [-0.2, -0.15) is 0 Å². The average molecular weight is 380 g/mol. The second-order valence-electron chi connectivity index (χ2n) is 9.93. The van der Waals surface area contributed by atoms with Crippen LogP contribution in [0.2, 0.25) is 0 Å². The van der Waals surface area contributed by atoms with Crippen molar-refractivity contribution in [2.24, 2.45) is 22.7 Å². The van der Waals surface area contributed by atoms with Crippen LogP contribution in [0.15, 0.2) is 11.6 Å². The Morgan fingerprint density at radius 2 is 1.78 bits per heavy atom. The molecule has 9 unspecified atom stereocenters. The van der Waals surface area contributed by atoms with Gasteiger partial charge in [-0.1, -0.05) is 25.5 Å². The van der Waals surface area contributed by atoms with Gasteiger partial charge in [0.1, 0.15) is 17.0 Å². The molecule has 6 nitrogen and oxygen atoms in total. The average Bonchev–Trinajstić information content (AvgIpc) is 2.88. The molecule has 4 aliphatic rings. The summed E-state index contributed by atoms with van der Waals surface area (Å²) in [5.74, 6) is -1.50. The van der Waals surface area contributed by atoms with Crippen LogP contribution >= 0.6 is 0 Å². The van der Waals surface area contributed by atoms with Gasteiger partial charge in [-0.3, -0.25) is 4.79 Å². The van der Waals surface area contributed by atoms with E-state index in [1.807, 2.05) is 13.0 Å². The van der Waals surface area contributed by atoms with Crippen LogP contribution in [0.4, 0.5) is 0 Å². The van der Waals surface area contributed by atoms with E-state index in [0.29, 0.717) is 25.7 Å². The Bertz CT molecular complexity index is 705. The molecule has 27 heavy (non-hydrogen) atoms. The molecule has 0 heterocycles. The summed E-state index contributed by atoms with van der Waals surface area (Å²) in [6.45, 7) is 5.04. The molecule has 0 aromatic heterocycles. The fraction of sp³-hybridized carbons (Fsp3) is 0.857. The van der Waals surface area contributed by atoms with Crippen LogP contribution in [0.3, 0.4) is 0 Å². The molecule has 3 fully saturated rings. The van der Waals surface area contributed by atoms with Crippen LogP contribution in [-0.2, 0) is 4.79 Å². The van der Waals surface area contributed by atoms with Crippen molar-refractivity contribution in [3.63, 3.8) is 0 Å².